The molecule has 8 heteroatoms. The minimum atomic E-state index is -3.70. The zero-order chi connectivity index (χ0) is 20.6. The van der Waals surface area contributed by atoms with Gasteiger partial charge in [0.05, 0.1) is 16.2 Å². The number of fused-ring (bicyclic) bond motifs is 1. The highest BCUT2D eigenvalue weighted by Gasteiger charge is 2.19. The first-order valence-corrected chi connectivity index (χ1v) is 10.4. The lowest BCUT2D eigenvalue weighted by molar-refractivity contribution is -0.115. The molecule has 0 atom stereocenters. The molecule has 0 spiro atoms. The number of hydrogen-bond acceptors (Lipinski definition) is 5. The normalized spacial score (nSPS) is 11.7. The Morgan fingerprint density at radius 2 is 1.75 bits per heavy atom. The molecule has 1 aromatic heterocycles. The van der Waals surface area contributed by atoms with Crippen LogP contribution in [0, 0.1) is 20.8 Å². The van der Waals surface area contributed by atoms with Crippen LogP contribution in [-0.2, 0) is 21.7 Å². The lowest BCUT2D eigenvalue weighted by atomic mass is 10.1. The van der Waals surface area contributed by atoms with Crippen molar-refractivity contribution in [3.8, 4) is 0 Å². The van der Waals surface area contributed by atoms with Crippen molar-refractivity contribution in [2.45, 2.75) is 32.1 Å². The highest BCUT2D eigenvalue weighted by molar-refractivity contribution is 7.91. The van der Waals surface area contributed by atoms with E-state index in [-0.39, 0.29) is 28.6 Å². The second kappa shape index (κ2) is 7.27. The summed E-state index contributed by atoms with van der Waals surface area (Å²) in [6.07, 6.45) is -0.175. The molecule has 7 nitrogen and oxygen atoms in total. The number of carbonyl (C=O) groups excluding carboxylic acids is 1. The van der Waals surface area contributed by atoms with E-state index in [2.05, 4.69) is 5.32 Å². The van der Waals surface area contributed by atoms with Crippen LogP contribution in [0.1, 0.15) is 23.1 Å². The van der Waals surface area contributed by atoms with Crippen molar-refractivity contribution < 1.29 is 17.6 Å². The third-order valence-corrected chi connectivity index (χ3v) is 6.38. The maximum Gasteiger partial charge on any atom is 0.419 e. The predicted molar refractivity (Wildman–Crippen MR) is 107 cm³/mol. The number of aryl methyl sites for hydroxylation is 4. The van der Waals surface area contributed by atoms with E-state index in [1.54, 1.807) is 7.05 Å². The Labute approximate surface area is 162 Å². The molecule has 0 aliphatic heterocycles. The van der Waals surface area contributed by atoms with Gasteiger partial charge in [-0.1, -0.05) is 17.7 Å². The Balaban J connectivity index is 1.74. The number of sulfone groups is 1. The number of rotatable bonds is 5. The number of aromatic nitrogens is 1. The summed E-state index contributed by atoms with van der Waals surface area (Å²) in [6, 6.07) is 8.17. The van der Waals surface area contributed by atoms with Gasteiger partial charge in [-0.2, -0.15) is 0 Å². The van der Waals surface area contributed by atoms with Gasteiger partial charge >= 0.3 is 5.76 Å². The van der Waals surface area contributed by atoms with Gasteiger partial charge < -0.3 is 9.73 Å². The first kappa shape index (κ1) is 19.9. The van der Waals surface area contributed by atoms with Crippen molar-refractivity contribution in [2.75, 3.05) is 11.1 Å². The number of carbonyl (C=O) groups is 1. The molecular weight excluding hydrogens is 380 g/mol. The molecule has 1 heterocycles. The third kappa shape index (κ3) is 3.87. The lowest BCUT2D eigenvalue weighted by Gasteiger charge is -2.13. The SMILES string of the molecule is Cc1cc(C)c(NC(=O)CCS(=O)(=O)c2ccc3c(c2)oc(=O)n3C)c(C)c1. The summed E-state index contributed by atoms with van der Waals surface area (Å²) < 4.78 is 31.5. The van der Waals surface area contributed by atoms with E-state index in [4.69, 9.17) is 4.42 Å². The average molecular weight is 402 g/mol. The topological polar surface area (TPSA) is 98.4 Å². The molecule has 1 amide bonds. The number of anilines is 1. The Morgan fingerprint density at radius 3 is 2.39 bits per heavy atom. The summed E-state index contributed by atoms with van der Waals surface area (Å²) in [4.78, 5) is 23.9. The van der Waals surface area contributed by atoms with Crippen molar-refractivity contribution in [3.05, 3.63) is 57.6 Å². The molecule has 0 aliphatic carbocycles. The van der Waals surface area contributed by atoms with Gasteiger partial charge in [0.2, 0.25) is 5.91 Å². The molecule has 2 aromatic carbocycles. The Kier molecular flexibility index (Phi) is 5.16. The summed E-state index contributed by atoms with van der Waals surface area (Å²) in [5.74, 6) is -1.27. The minimum absolute atomic E-state index is 0.0184. The van der Waals surface area contributed by atoms with E-state index < -0.39 is 15.6 Å². The second-order valence-electron chi connectivity index (χ2n) is 6.95. The zero-order valence-corrected chi connectivity index (χ0v) is 17.0. The van der Waals surface area contributed by atoms with Crippen LogP contribution in [0.15, 0.2) is 44.4 Å². The van der Waals surface area contributed by atoms with Crippen molar-refractivity contribution in [3.63, 3.8) is 0 Å². The summed E-state index contributed by atoms with van der Waals surface area (Å²) in [6.45, 7) is 5.77. The van der Waals surface area contributed by atoms with Gasteiger partial charge in [-0.15, -0.1) is 0 Å². The average Bonchev–Trinajstić information content (AvgIpc) is 2.90. The molecule has 0 bridgehead atoms. The maximum atomic E-state index is 12.6. The van der Waals surface area contributed by atoms with Crippen LogP contribution < -0.4 is 11.1 Å². The fraction of sp³-hybridized carbons (Fsp3) is 0.300. The largest absolute Gasteiger partial charge is 0.419 e. The quantitative estimate of drug-likeness (QED) is 0.708. The molecule has 0 radical (unpaired) electrons. The first-order valence-electron chi connectivity index (χ1n) is 8.78. The Bertz CT molecular complexity index is 1210. The molecule has 0 saturated heterocycles. The summed E-state index contributed by atoms with van der Waals surface area (Å²) >= 11 is 0. The smallest absolute Gasteiger partial charge is 0.408 e. The molecular formula is C20H22N2O5S. The summed E-state index contributed by atoms with van der Waals surface area (Å²) in [7, 11) is -2.16. The van der Waals surface area contributed by atoms with Crippen LogP contribution in [-0.4, -0.2) is 24.6 Å². The van der Waals surface area contributed by atoms with E-state index in [1.165, 1.54) is 22.8 Å². The number of amides is 1. The van der Waals surface area contributed by atoms with Crippen molar-refractivity contribution in [1.82, 2.24) is 4.57 Å². The van der Waals surface area contributed by atoms with Crippen LogP contribution >= 0.6 is 0 Å². The third-order valence-electron chi connectivity index (χ3n) is 4.66. The highest BCUT2D eigenvalue weighted by atomic mass is 32.2. The molecule has 1 N–H and O–H groups in total. The molecule has 0 fully saturated rings. The van der Waals surface area contributed by atoms with Crippen LogP contribution in [0.3, 0.4) is 0 Å². The number of oxazole rings is 1. The molecule has 3 aromatic rings. The highest BCUT2D eigenvalue weighted by Crippen LogP contribution is 2.23. The second-order valence-corrected chi connectivity index (χ2v) is 9.06. The van der Waals surface area contributed by atoms with Gasteiger partial charge in [0, 0.05) is 25.2 Å². The Hall–Kier alpha value is -2.87. The monoisotopic (exact) mass is 402 g/mol. The zero-order valence-electron chi connectivity index (χ0n) is 16.2. The number of nitrogens with zero attached hydrogens (tertiary/aromatic N) is 1. The van der Waals surface area contributed by atoms with Crippen molar-refractivity contribution in [1.29, 1.82) is 0 Å². The minimum Gasteiger partial charge on any atom is -0.408 e. The van der Waals surface area contributed by atoms with E-state index in [0.29, 0.717) is 11.2 Å². The molecule has 3 rings (SSSR count). The van der Waals surface area contributed by atoms with E-state index in [9.17, 15) is 18.0 Å². The van der Waals surface area contributed by atoms with Gasteiger partial charge in [0.25, 0.3) is 0 Å². The van der Waals surface area contributed by atoms with Crippen LogP contribution in [0.2, 0.25) is 0 Å². The molecule has 0 saturated carbocycles. The van der Waals surface area contributed by atoms with E-state index in [1.807, 2.05) is 32.9 Å². The van der Waals surface area contributed by atoms with Crippen LogP contribution in [0.4, 0.5) is 5.69 Å². The Morgan fingerprint density at radius 1 is 1.11 bits per heavy atom. The van der Waals surface area contributed by atoms with Gasteiger partial charge in [-0.25, -0.2) is 13.2 Å². The molecule has 0 unspecified atom stereocenters. The van der Waals surface area contributed by atoms with E-state index in [0.717, 1.165) is 16.7 Å². The maximum absolute atomic E-state index is 12.6. The fourth-order valence-corrected chi connectivity index (χ4v) is 4.48. The first-order chi connectivity index (χ1) is 13.1. The number of hydrogen-bond donors (Lipinski definition) is 1. The summed E-state index contributed by atoms with van der Waals surface area (Å²) in [5, 5.41) is 2.80. The summed E-state index contributed by atoms with van der Waals surface area (Å²) in [5.41, 5.74) is 4.37. The van der Waals surface area contributed by atoms with E-state index >= 15 is 0 Å². The van der Waals surface area contributed by atoms with Gasteiger partial charge in [-0.05, 0) is 44.0 Å². The lowest BCUT2D eigenvalue weighted by Crippen LogP contribution is -2.18. The van der Waals surface area contributed by atoms with Crippen LogP contribution in [0.5, 0.6) is 0 Å². The van der Waals surface area contributed by atoms with Gasteiger partial charge in [0.1, 0.15) is 0 Å². The predicted octanol–water partition coefficient (Wildman–Crippen LogP) is 2.86. The standard InChI is InChI=1S/C20H22N2O5S/c1-12-9-13(2)19(14(3)10-12)21-18(23)7-8-28(25,26)15-5-6-16-17(11-15)27-20(24)22(16)4/h5-6,9-11H,7-8H2,1-4H3,(H,21,23). The number of nitrogens with one attached hydrogen (secondary N) is 1. The fourth-order valence-electron chi connectivity index (χ4n) is 3.23. The molecule has 0 aliphatic rings. The van der Waals surface area contributed by atoms with Crippen LogP contribution in [0.25, 0.3) is 11.1 Å². The van der Waals surface area contributed by atoms with Gasteiger partial charge in [-0.3, -0.25) is 9.36 Å². The van der Waals surface area contributed by atoms with Crippen molar-refractivity contribution >= 4 is 32.5 Å². The molecule has 28 heavy (non-hydrogen) atoms. The van der Waals surface area contributed by atoms with Gasteiger partial charge in [0.15, 0.2) is 15.4 Å². The molecule has 148 valence electrons. The van der Waals surface area contributed by atoms with Crippen molar-refractivity contribution in [2.24, 2.45) is 7.05 Å². The number of benzene rings is 2.